The van der Waals surface area contributed by atoms with E-state index in [1.54, 1.807) is 24.3 Å². The number of nitrogens with one attached hydrogen (secondary N) is 1. The summed E-state index contributed by atoms with van der Waals surface area (Å²) in [7, 11) is 1.43. The standard InChI is InChI=1S/C17H15F3N2O3/c1-25-14-5-3-2-4-9(14)6-13(16(21)23)22-17(24)15-11(19)7-10(18)8-12(15)20/h2-5,7-8,13H,6H2,1H3,(H2,21,23)(H,22,24)/t13-/m0/s1. The van der Waals surface area contributed by atoms with Gasteiger partial charge in [0.15, 0.2) is 0 Å². The van der Waals surface area contributed by atoms with E-state index in [1.165, 1.54) is 7.11 Å². The van der Waals surface area contributed by atoms with Crippen LogP contribution in [0.3, 0.4) is 0 Å². The second-order valence-electron chi connectivity index (χ2n) is 5.19. The number of carbonyl (C=O) groups excluding carboxylic acids is 2. The fraction of sp³-hybridized carbons (Fsp3) is 0.176. The van der Waals surface area contributed by atoms with Crippen LogP contribution < -0.4 is 15.8 Å². The number of methoxy groups -OCH3 is 1. The molecule has 0 aliphatic carbocycles. The molecule has 8 heteroatoms. The minimum Gasteiger partial charge on any atom is -0.496 e. The molecule has 5 nitrogen and oxygen atoms in total. The van der Waals surface area contributed by atoms with Crippen LogP contribution >= 0.6 is 0 Å². The first-order valence-corrected chi connectivity index (χ1v) is 7.20. The van der Waals surface area contributed by atoms with Crippen molar-refractivity contribution in [1.82, 2.24) is 5.32 Å². The van der Waals surface area contributed by atoms with Crippen molar-refractivity contribution in [1.29, 1.82) is 0 Å². The van der Waals surface area contributed by atoms with E-state index in [2.05, 4.69) is 5.32 Å². The van der Waals surface area contributed by atoms with E-state index < -0.39 is 40.9 Å². The first-order valence-electron chi connectivity index (χ1n) is 7.20. The fourth-order valence-corrected chi connectivity index (χ4v) is 2.30. The highest BCUT2D eigenvalue weighted by Gasteiger charge is 2.25. The van der Waals surface area contributed by atoms with Crippen LogP contribution in [0.5, 0.6) is 5.75 Å². The number of benzene rings is 2. The normalized spacial score (nSPS) is 11.7. The Hall–Kier alpha value is -3.03. The highest BCUT2D eigenvalue weighted by Crippen LogP contribution is 2.20. The van der Waals surface area contributed by atoms with Crippen LogP contribution in [0, 0.1) is 17.5 Å². The van der Waals surface area contributed by atoms with Crippen LogP contribution in [-0.4, -0.2) is 25.0 Å². The van der Waals surface area contributed by atoms with E-state index in [0.29, 0.717) is 23.4 Å². The van der Waals surface area contributed by atoms with Gasteiger partial charge in [-0.2, -0.15) is 0 Å². The average molecular weight is 352 g/mol. The summed E-state index contributed by atoms with van der Waals surface area (Å²) in [5.41, 5.74) is 4.83. The molecule has 2 aromatic carbocycles. The topological polar surface area (TPSA) is 81.4 Å². The summed E-state index contributed by atoms with van der Waals surface area (Å²) in [4.78, 5) is 23.7. The number of nitrogens with two attached hydrogens (primary N) is 1. The predicted molar refractivity (Wildman–Crippen MR) is 83.5 cm³/mol. The third kappa shape index (κ3) is 4.28. The molecule has 2 aromatic rings. The third-order valence-electron chi connectivity index (χ3n) is 3.50. The summed E-state index contributed by atoms with van der Waals surface area (Å²) < 4.78 is 45.4. The van der Waals surface area contributed by atoms with E-state index in [0.717, 1.165) is 0 Å². The van der Waals surface area contributed by atoms with Crippen molar-refractivity contribution < 1.29 is 27.5 Å². The molecule has 2 rings (SSSR count). The van der Waals surface area contributed by atoms with Gasteiger partial charge in [-0.1, -0.05) is 18.2 Å². The molecule has 0 fully saturated rings. The second kappa shape index (κ2) is 7.69. The Kier molecular flexibility index (Phi) is 5.63. The Balaban J connectivity index is 2.25. The van der Waals surface area contributed by atoms with E-state index in [1.807, 2.05) is 0 Å². The van der Waals surface area contributed by atoms with Gasteiger partial charge < -0.3 is 15.8 Å². The molecule has 0 saturated carbocycles. The zero-order valence-electron chi connectivity index (χ0n) is 13.2. The smallest absolute Gasteiger partial charge is 0.257 e. The number of hydrogen-bond donors (Lipinski definition) is 2. The molecular weight excluding hydrogens is 337 g/mol. The SMILES string of the molecule is COc1ccccc1C[C@H](NC(=O)c1c(F)cc(F)cc1F)C(N)=O. The first kappa shape index (κ1) is 18.3. The van der Waals surface area contributed by atoms with Crippen molar-refractivity contribution >= 4 is 11.8 Å². The lowest BCUT2D eigenvalue weighted by Crippen LogP contribution is -2.46. The van der Waals surface area contributed by atoms with E-state index in [4.69, 9.17) is 10.5 Å². The zero-order chi connectivity index (χ0) is 18.6. The van der Waals surface area contributed by atoms with Gasteiger partial charge in [-0.3, -0.25) is 9.59 Å². The molecule has 0 spiro atoms. The van der Waals surface area contributed by atoms with Crippen molar-refractivity contribution in [3.63, 3.8) is 0 Å². The van der Waals surface area contributed by atoms with Crippen molar-refractivity contribution in [3.05, 3.63) is 65.0 Å². The van der Waals surface area contributed by atoms with Gasteiger partial charge in [0.1, 0.15) is 34.8 Å². The van der Waals surface area contributed by atoms with Crippen molar-refractivity contribution in [2.75, 3.05) is 7.11 Å². The Bertz CT molecular complexity index is 788. The molecule has 2 amide bonds. The van der Waals surface area contributed by atoms with Crippen molar-refractivity contribution in [2.45, 2.75) is 12.5 Å². The maximum absolute atomic E-state index is 13.7. The summed E-state index contributed by atoms with van der Waals surface area (Å²) in [5.74, 6) is -5.57. The molecule has 0 aromatic heterocycles. The van der Waals surface area contributed by atoms with Gasteiger partial charge in [0.25, 0.3) is 5.91 Å². The van der Waals surface area contributed by atoms with Crippen molar-refractivity contribution in [3.8, 4) is 5.75 Å². The highest BCUT2D eigenvalue weighted by molar-refractivity contribution is 5.97. The van der Waals surface area contributed by atoms with Crippen LogP contribution in [0.15, 0.2) is 36.4 Å². The molecule has 0 aliphatic rings. The number of carbonyl (C=O) groups is 2. The molecule has 132 valence electrons. The molecule has 3 N–H and O–H groups in total. The Labute approximate surface area is 141 Å². The Morgan fingerprint density at radius 2 is 1.76 bits per heavy atom. The molecule has 0 radical (unpaired) electrons. The fourth-order valence-electron chi connectivity index (χ4n) is 2.30. The Morgan fingerprint density at radius 1 is 1.16 bits per heavy atom. The van der Waals surface area contributed by atoms with Gasteiger partial charge >= 0.3 is 0 Å². The minimum absolute atomic E-state index is 0.0461. The number of para-hydroxylation sites is 1. The van der Waals surface area contributed by atoms with Crippen LogP contribution in [0.4, 0.5) is 13.2 Å². The molecule has 0 saturated heterocycles. The molecule has 25 heavy (non-hydrogen) atoms. The zero-order valence-corrected chi connectivity index (χ0v) is 13.2. The maximum Gasteiger partial charge on any atom is 0.257 e. The van der Waals surface area contributed by atoms with Crippen LogP contribution in [-0.2, 0) is 11.2 Å². The molecule has 0 unspecified atom stereocenters. The van der Waals surface area contributed by atoms with Crippen LogP contribution in [0.2, 0.25) is 0 Å². The highest BCUT2D eigenvalue weighted by atomic mass is 19.1. The van der Waals surface area contributed by atoms with E-state index >= 15 is 0 Å². The molecule has 1 atom stereocenters. The number of ether oxygens (including phenoxy) is 1. The number of primary amides is 1. The van der Waals surface area contributed by atoms with Gasteiger partial charge in [-0.25, -0.2) is 13.2 Å². The lowest BCUT2D eigenvalue weighted by atomic mass is 10.0. The van der Waals surface area contributed by atoms with Gasteiger partial charge in [0.05, 0.1) is 7.11 Å². The molecule has 0 bridgehead atoms. The third-order valence-corrected chi connectivity index (χ3v) is 3.50. The van der Waals surface area contributed by atoms with Gasteiger partial charge in [0, 0.05) is 18.6 Å². The van der Waals surface area contributed by atoms with Gasteiger partial charge in [-0.05, 0) is 11.6 Å². The lowest BCUT2D eigenvalue weighted by molar-refractivity contribution is -0.119. The molecule has 0 aliphatic heterocycles. The minimum atomic E-state index is -1.38. The summed E-state index contributed by atoms with van der Waals surface area (Å²) in [6, 6.07) is 6.21. The maximum atomic E-state index is 13.7. The largest absolute Gasteiger partial charge is 0.496 e. The summed E-state index contributed by atoms with van der Waals surface area (Å²) in [5, 5.41) is 2.16. The number of halogens is 3. The van der Waals surface area contributed by atoms with Crippen molar-refractivity contribution in [2.24, 2.45) is 5.73 Å². The van der Waals surface area contributed by atoms with Gasteiger partial charge in [0.2, 0.25) is 5.91 Å². The summed E-state index contributed by atoms with van der Waals surface area (Å²) in [6.07, 6.45) is -0.0461. The van der Waals surface area contributed by atoms with Crippen LogP contribution in [0.25, 0.3) is 0 Å². The summed E-state index contributed by atoms with van der Waals surface area (Å²) >= 11 is 0. The molecule has 0 heterocycles. The summed E-state index contributed by atoms with van der Waals surface area (Å²) in [6.45, 7) is 0. The Morgan fingerprint density at radius 3 is 2.32 bits per heavy atom. The van der Waals surface area contributed by atoms with E-state index in [9.17, 15) is 22.8 Å². The predicted octanol–water partition coefficient (Wildman–Crippen LogP) is 1.94. The quantitative estimate of drug-likeness (QED) is 0.834. The average Bonchev–Trinajstić information content (AvgIpc) is 2.53. The lowest BCUT2D eigenvalue weighted by Gasteiger charge is -2.17. The number of amides is 2. The second-order valence-corrected chi connectivity index (χ2v) is 5.19. The first-order chi connectivity index (χ1) is 11.8. The number of rotatable bonds is 6. The van der Waals surface area contributed by atoms with Crippen LogP contribution in [0.1, 0.15) is 15.9 Å². The van der Waals surface area contributed by atoms with Gasteiger partial charge in [-0.15, -0.1) is 0 Å². The monoisotopic (exact) mass is 352 g/mol. The molecular formula is C17H15F3N2O3. The number of hydrogen-bond acceptors (Lipinski definition) is 3. The van der Waals surface area contributed by atoms with E-state index in [-0.39, 0.29) is 6.42 Å².